The molecule has 1 aromatic heterocycles. The molecule has 0 spiro atoms. The summed E-state index contributed by atoms with van der Waals surface area (Å²) in [5.74, 6) is 0.879. The first-order valence-electron chi connectivity index (χ1n) is 6.97. The zero-order chi connectivity index (χ0) is 14.7. The van der Waals surface area contributed by atoms with Crippen molar-refractivity contribution in [1.82, 2.24) is 0 Å². The molecule has 2 nitrogen and oxygen atoms in total. The van der Waals surface area contributed by atoms with Gasteiger partial charge in [0.2, 0.25) is 0 Å². The van der Waals surface area contributed by atoms with E-state index in [-0.39, 0.29) is 5.78 Å². The number of hydrogen-bond acceptors (Lipinski definition) is 2. The maximum absolute atomic E-state index is 12.5. The molecular weight excluding hydrogens is 328 g/mol. The van der Waals surface area contributed by atoms with Crippen molar-refractivity contribution in [2.75, 3.05) is 0 Å². The summed E-state index contributed by atoms with van der Waals surface area (Å²) in [6.07, 6.45) is 8.13. The number of furan rings is 1. The number of halogens is 1. The maximum atomic E-state index is 12.5. The van der Waals surface area contributed by atoms with Crippen LogP contribution in [0.3, 0.4) is 0 Å². The molecule has 1 fully saturated rings. The van der Waals surface area contributed by atoms with Crippen molar-refractivity contribution >= 4 is 33.9 Å². The van der Waals surface area contributed by atoms with Crippen LogP contribution in [0.1, 0.15) is 30.6 Å². The van der Waals surface area contributed by atoms with E-state index < -0.39 is 0 Å². The van der Waals surface area contributed by atoms with Gasteiger partial charge in [0.1, 0.15) is 5.76 Å². The van der Waals surface area contributed by atoms with Crippen LogP contribution < -0.4 is 0 Å². The molecule has 3 heteroatoms. The van der Waals surface area contributed by atoms with Gasteiger partial charge in [-0.05, 0) is 61.2 Å². The van der Waals surface area contributed by atoms with Crippen LogP contribution in [-0.4, -0.2) is 5.78 Å². The van der Waals surface area contributed by atoms with E-state index in [1.54, 1.807) is 6.26 Å². The summed E-state index contributed by atoms with van der Waals surface area (Å²) in [5.41, 5.74) is 2.77. The van der Waals surface area contributed by atoms with E-state index in [0.717, 1.165) is 46.2 Å². The third-order valence-corrected chi connectivity index (χ3v) is 4.07. The van der Waals surface area contributed by atoms with Crippen LogP contribution in [0.25, 0.3) is 12.2 Å². The predicted molar refractivity (Wildman–Crippen MR) is 87.7 cm³/mol. The molecule has 0 bridgehead atoms. The Morgan fingerprint density at radius 3 is 2.38 bits per heavy atom. The first-order chi connectivity index (χ1) is 10.2. The van der Waals surface area contributed by atoms with Crippen LogP contribution in [0.2, 0.25) is 0 Å². The summed E-state index contributed by atoms with van der Waals surface area (Å²) in [4.78, 5) is 12.5. The molecule has 0 N–H and O–H groups in total. The second-order valence-electron chi connectivity index (χ2n) is 5.09. The van der Waals surface area contributed by atoms with Crippen molar-refractivity contribution in [2.24, 2.45) is 0 Å². The maximum Gasteiger partial charge on any atom is 0.185 e. The summed E-state index contributed by atoms with van der Waals surface area (Å²) >= 11 is 3.42. The summed E-state index contributed by atoms with van der Waals surface area (Å²) in [6.45, 7) is 0. The first-order valence-corrected chi connectivity index (χ1v) is 7.76. The van der Waals surface area contributed by atoms with Gasteiger partial charge in [0.05, 0.1) is 6.26 Å². The highest BCUT2D eigenvalue weighted by molar-refractivity contribution is 9.10. The van der Waals surface area contributed by atoms with Crippen LogP contribution in [0.4, 0.5) is 0 Å². The molecule has 21 heavy (non-hydrogen) atoms. The monoisotopic (exact) mass is 342 g/mol. The number of ketones is 1. The fraction of sp³-hybridized carbons (Fsp3) is 0.167. The molecular formula is C18H15BrO2. The van der Waals surface area contributed by atoms with Gasteiger partial charge in [0, 0.05) is 15.6 Å². The number of hydrogen-bond donors (Lipinski definition) is 0. The van der Waals surface area contributed by atoms with Crippen molar-refractivity contribution in [3.05, 3.63) is 69.6 Å². The second kappa shape index (κ2) is 6.27. The van der Waals surface area contributed by atoms with E-state index in [9.17, 15) is 4.79 Å². The molecule has 0 unspecified atom stereocenters. The standard InChI is InChI=1S/C18H15BrO2/c19-16-8-6-13(7-9-16)11-14-3-1-4-15(18(14)20)12-17-5-2-10-21-17/h2,5-12H,1,3-4H2/b14-11+,15-12+. The van der Waals surface area contributed by atoms with Gasteiger partial charge in [0.25, 0.3) is 0 Å². The van der Waals surface area contributed by atoms with Crippen molar-refractivity contribution in [3.63, 3.8) is 0 Å². The average molecular weight is 343 g/mol. The van der Waals surface area contributed by atoms with Gasteiger partial charge in [0.15, 0.2) is 5.78 Å². The molecule has 0 saturated heterocycles. The third kappa shape index (κ3) is 3.42. The van der Waals surface area contributed by atoms with Gasteiger partial charge in [-0.15, -0.1) is 0 Å². The number of carbonyl (C=O) groups is 1. The van der Waals surface area contributed by atoms with Crippen LogP contribution in [0.5, 0.6) is 0 Å². The lowest BCUT2D eigenvalue weighted by atomic mass is 9.87. The summed E-state index contributed by atoms with van der Waals surface area (Å²) in [6, 6.07) is 11.7. The van der Waals surface area contributed by atoms with Crippen LogP contribution in [0.15, 0.2) is 62.7 Å². The SMILES string of the molecule is O=C1/C(=C/c2ccc(Br)cc2)CCC/C1=C\c1ccco1. The minimum atomic E-state index is 0.139. The van der Waals surface area contributed by atoms with Gasteiger partial charge in [-0.1, -0.05) is 28.1 Å². The van der Waals surface area contributed by atoms with E-state index in [2.05, 4.69) is 15.9 Å². The van der Waals surface area contributed by atoms with Crippen molar-refractivity contribution in [3.8, 4) is 0 Å². The Kier molecular flexibility index (Phi) is 4.20. The van der Waals surface area contributed by atoms with Crippen LogP contribution in [-0.2, 0) is 4.79 Å². The predicted octanol–water partition coefficient (Wildman–Crippen LogP) is 5.26. The van der Waals surface area contributed by atoms with E-state index in [0.29, 0.717) is 0 Å². The Morgan fingerprint density at radius 2 is 1.71 bits per heavy atom. The quantitative estimate of drug-likeness (QED) is 0.696. The molecule has 3 rings (SSSR count). The summed E-state index contributed by atoms with van der Waals surface area (Å²) < 4.78 is 6.34. The lowest BCUT2D eigenvalue weighted by Crippen LogP contribution is -2.12. The van der Waals surface area contributed by atoms with Crippen LogP contribution >= 0.6 is 15.9 Å². The molecule has 2 aromatic rings. The molecule has 1 heterocycles. The molecule has 0 atom stereocenters. The molecule has 1 aliphatic carbocycles. The second-order valence-corrected chi connectivity index (χ2v) is 6.00. The van der Waals surface area contributed by atoms with E-state index in [1.165, 1.54) is 0 Å². The third-order valence-electron chi connectivity index (χ3n) is 3.55. The largest absolute Gasteiger partial charge is 0.465 e. The Morgan fingerprint density at radius 1 is 1.00 bits per heavy atom. The van der Waals surface area contributed by atoms with Gasteiger partial charge in [-0.25, -0.2) is 0 Å². The zero-order valence-electron chi connectivity index (χ0n) is 11.5. The lowest BCUT2D eigenvalue weighted by molar-refractivity contribution is -0.112. The van der Waals surface area contributed by atoms with Gasteiger partial charge in [-0.2, -0.15) is 0 Å². The number of carbonyl (C=O) groups excluding carboxylic acids is 1. The van der Waals surface area contributed by atoms with E-state index >= 15 is 0 Å². The topological polar surface area (TPSA) is 30.2 Å². The summed E-state index contributed by atoms with van der Waals surface area (Å²) in [7, 11) is 0. The average Bonchev–Trinajstić information content (AvgIpc) is 2.99. The molecule has 0 amide bonds. The number of benzene rings is 1. The van der Waals surface area contributed by atoms with Crippen molar-refractivity contribution in [2.45, 2.75) is 19.3 Å². The van der Waals surface area contributed by atoms with Crippen molar-refractivity contribution in [1.29, 1.82) is 0 Å². The molecule has 1 aliphatic rings. The number of allylic oxidation sites excluding steroid dienone is 2. The van der Waals surface area contributed by atoms with Gasteiger partial charge < -0.3 is 4.42 Å². The van der Waals surface area contributed by atoms with Gasteiger partial charge in [-0.3, -0.25) is 4.79 Å². The van der Waals surface area contributed by atoms with Crippen LogP contribution in [0, 0.1) is 0 Å². The first kappa shape index (κ1) is 14.1. The molecule has 1 aromatic carbocycles. The molecule has 106 valence electrons. The summed E-state index contributed by atoms with van der Waals surface area (Å²) in [5, 5.41) is 0. The Hall–Kier alpha value is -1.87. The normalized spacial score (nSPS) is 19.4. The minimum Gasteiger partial charge on any atom is -0.465 e. The highest BCUT2D eigenvalue weighted by Gasteiger charge is 2.20. The van der Waals surface area contributed by atoms with Gasteiger partial charge >= 0.3 is 0 Å². The lowest BCUT2D eigenvalue weighted by Gasteiger charge is -2.16. The Bertz CT molecular complexity index is 691. The molecule has 1 saturated carbocycles. The fourth-order valence-corrected chi connectivity index (χ4v) is 2.75. The number of rotatable bonds is 2. The Balaban J connectivity index is 1.86. The molecule has 0 radical (unpaired) electrons. The number of Topliss-reactive ketones (excluding diaryl/α,β-unsaturated/α-hetero) is 1. The highest BCUT2D eigenvalue weighted by Crippen LogP contribution is 2.28. The molecule has 0 aliphatic heterocycles. The minimum absolute atomic E-state index is 0.139. The smallest absolute Gasteiger partial charge is 0.185 e. The van der Waals surface area contributed by atoms with E-state index in [1.807, 2.05) is 48.6 Å². The zero-order valence-corrected chi connectivity index (χ0v) is 13.1. The van der Waals surface area contributed by atoms with Crippen molar-refractivity contribution < 1.29 is 9.21 Å². The fourth-order valence-electron chi connectivity index (χ4n) is 2.48. The van der Waals surface area contributed by atoms with E-state index in [4.69, 9.17) is 4.42 Å². The Labute approximate surface area is 132 Å². The highest BCUT2D eigenvalue weighted by atomic mass is 79.9.